The van der Waals surface area contributed by atoms with E-state index in [2.05, 4.69) is 25.4 Å². The van der Waals surface area contributed by atoms with E-state index >= 15 is 0 Å². The maximum Gasteiger partial charge on any atom is 0.227 e. The van der Waals surface area contributed by atoms with E-state index in [1.807, 2.05) is 18.2 Å². The van der Waals surface area contributed by atoms with Gasteiger partial charge in [0.25, 0.3) is 0 Å². The Balaban J connectivity index is 1.59. The van der Waals surface area contributed by atoms with E-state index in [0.717, 1.165) is 24.1 Å². The number of rotatable bonds is 9. The van der Waals surface area contributed by atoms with Gasteiger partial charge in [-0.05, 0) is 25.0 Å². The van der Waals surface area contributed by atoms with E-state index in [1.54, 1.807) is 45.5 Å². The Morgan fingerprint density at radius 2 is 1.86 bits per heavy atom. The number of hydrogen-bond donors (Lipinski definition) is 1. The van der Waals surface area contributed by atoms with Crippen molar-refractivity contribution in [2.75, 3.05) is 26.6 Å². The van der Waals surface area contributed by atoms with Crippen LogP contribution in [-0.2, 0) is 13.6 Å². The summed E-state index contributed by atoms with van der Waals surface area (Å²) in [5.41, 5.74) is 3.97. The van der Waals surface area contributed by atoms with Crippen molar-refractivity contribution in [1.82, 2.24) is 29.7 Å². The molecule has 36 heavy (non-hydrogen) atoms. The van der Waals surface area contributed by atoms with Crippen LogP contribution in [0.25, 0.3) is 22.5 Å². The molecule has 5 rings (SSSR count). The Bertz CT molecular complexity index is 1400. The molecule has 0 unspecified atom stereocenters. The number of nitrogens with zero attached hydrogens (tertiary/aromatic N) is 6. The summed E-state index contributed by atoms with van der Waals surface area (Å²) in [7, 11) is 6.62. The van der Waals surface area contributed by atoms with Gasteiger partial charge in [-0.15, -0.1) is 0 Å². The van der Waals surface area contributed by atoms with Crippen LogP contribution in [0.5, 0.6) is 17.4 Å². The Morgan fingerprint density at radius 3 is 2.53 bits per heavy atom. The molecule has 1 aromatic carbocycles. The van der Waals surface area contributed by atoms with Gasteiger partial charge >= 0.3 is 0 Å². The molecule has 0 spiro atoms. The van der Waals surface area contributed by atoms with E-state index in [-0.39, 0.29) is 0 Å². The molecule has 3 aromatic heterocycles. The minimum absolute atomic E-state index is 0.355. The summed E-state index contributed by atoms with van der Waals surface area (Å²) in [6.45, 7) is 0.437. The third-order valence-electron chi connectivity index (χ3n) is 6.11. The molecule has 0 atom stereocenters. The molecule has 0 aliphatic heterocycles. The fourth-order valence-corrected chi connectivity index (χ4v) is 4.22. The first kappa shape index (κ1) is 23.8. The first-order chi connectivity index (χ1) is 17.5. The zero-order chi connectivity index (χ0) is 25.2. The molecule has 1 N–H and O–H groups in total. The van der Waals surface area contributed by atoms with Crippen LogP contribution >= 0.6 is 11.6 Å². The number of nitrogens with one attached hydrogen (secondary N) is 1. The molecular formula is C25H26ClN7O3. The summed E-state index contributed by atoms with van der Waals surface area (Å²) >= 11 is 6.54. The van der Waals surface area contributed by atoms with E-state index < -0.39 is 0 Å². The van der Waals surface area contributed by atoms with Gasteiger partial charge in [-0.3, -0.25) is 4.68 Å². The van der Waals surface area contributed by atoms with Crippen LogP contribution in [0.1, 0.15) is 30.0 Å². The van der Waals surface area contributed by atoms with Crippen molar-refractivity contribution in [3.8, 4) is 39.9 Å². The van der Waals surface area contributed by atoms with Crippen molar-refractivity contribution in [2.24, 2.45) is 7.05 Å². The number of benzene rings is 1. The number of methoxy groups -OCH3 is 3. The van der Waals surface area contributed by atoms with Crippen LogP contribution in [-0.4, -0.2) is 51.0 Å². The second kappa shape index (κ2) is 9.98. The molecule has 0 bridgehead atoms. The number of ether oxygens (including phenoxy) is 3. The van der Waals surface area contributed by atoms with Crippen LogP contribution < -0.4 is 19.5 Å². The molecule has 11 heteroatoms. The predicted molar refractivity (Wildman–Crippen MR) is 136 cm³/mol. The largest absolute Gasteiger partial charge is 0.497 e. The molecular weight excluding hydrogens is 482 g/mol. The molecule has 0 amide bonds. The molecule has 4 aromatic rings. The molecule has 3 heterocycles. The van der Waals surface area contributed by atoms with Crippen LogP contribution in [0.3, 0.4) is 0 Å². The highest BCUT2D eigenvalue weighted by atomic mass is 35.5. The van der Waals surface area contributed by atoms with E-state index in [9.17, 15) is 0 Å². The highest BCUT2D eigenvalue weighted by molar-refractivity contribution is 6.32. The highest BCUT2D eigenvalue weighted by Crippen LogP contribution is 2.45. The van der Waals surface area contributed by atoms with Gasteiger partial charge < -0.3 is 19.5 Å². The lowest BCUT2D eigenvalue weighted by atomic mass is 10.1. The van der Waals surface area contributed by atoms with Gasteiger partial charge in [0.2, 0.25) is 5.88 Å². The molecule has 0 radical (unpaired) electrons. The average molecular weight is 508 g/mol. The number of aromatic nitrogens is 6. The minimum Gasteiger partial charge on any atom is -0.497 e. The average Bonchev–Trinajstić information content (AvgIpc) is 3.71. The highest BCUT2D eigenvalue weighted by Gasteiger charge is 2.31. The van der Waals surface area contributed by atoms with Crippen LogP contribution in [0.15, 0.2) is 36.9 Å². The van der Waals surface area contributed by atoms with Gasteiger partial charge in [-0.1, -0.05) is 11.6 Å². The third kappa shape index (κ3) is 4.51. The van der Waals surface area contributed by atoms with Gasteiger partial charge in [0.05, 0.1) is 33.2 Å². The summed E-state index contributed by atoms with van der Waals surface area (Å²) in [5.74, 6) is 3.27. The maximum atomic E-state index is 6.54. The van der Waals surface area contributed by atoms with Gasteiger partial charge in [-0.25, -0.2) is 19.9 Å². The van der Waals surface area contributed by atoms with Crippen molar-refractivity contribution < 1.29 is 14.2 Å². The van der Waals surface area contributed by atoms with Crippen LogP contribution in [0.4, 0.5) is 5.82 Å². The number of anilines is 1. The molecule has 1 aliphatic rings. The lowest BCUT2D eigenvalue weighted by Crippen LogP contribution is -2.08. The minimum atomic E-state index is 0.355. The van der Waals surface area contributed by atoms with Crippen molar-refractivity contribution >= 4 is 17.4 Å². The Hall–Kier alpha value is -3.92. The number of halogens is 1. The normalized spacial score (nSPS) is 12.9. The Morgan fingerprint density at radius 1 is 1.03 bits per heavy atom. The van der Waals surface area contributed by atoms with Gasteiger partial charge in [0.1, 0.15) is 34.4 Å². The fourth-order valence-electron chi connectivity index (χ4n) is 4.03. The van der Waals surface area contributed by atoms with Gasteiger partial charge in [0, 0.05) is 48.5 Å². The van der Waals surface area contributed by atoms with E-state index in [1.165, 1.54) is 6.33 Å². The SMILES string of the molecule is COc1ccc(CNc2nc(-c3c(OC)ncnc3C3CC3)ncc2-c2cnn(C)c2Cl)c(OC)c1. The third-order valence-corrected chi connectivity index (χ3v) is 6.56. The summed E-state index contributed by atoms with van der Waals surface area (Å²) < 4.78 is 18.0. The molecule has 1 fully saturated rings. The predicted octanol–water partition coefficient (Wildman–Crippen LogP) is 4.50. The number of aryl methyl sites for hydroxylation is 1. The van der Waals surface area contributed by atoms with Crippen LogP contribution in [0, 0.1) is 0 Å². The topological polar surface area (TPSA) is 109 Å². The zero-order valence-electron chi connectivity index (χ0n) is 20.4. The van der Waals surface area contributed by atoms with Crippen LogP contribution in [0.2, 0.25) is 5.15 Å². The first-order valence-electron chi connectivity index (χ1n) is 11.4. The first-order valence-corrected chi connectivity index (χ1v) is 11.8. The summed E-state index contributed by atoms with van der Waals surface area (Å²) in [6, 6.07) is 5.68. The molecule has 1 aliphatic carbocycles. The van der Waals surface area contributed by atoms with Gasteiger partial charge in [0.15, 0.2) is 5.82 Å². The molecule has 0 saturated heterocycles. The summed E-state index contributed by atoms with van der Waals surface area (Å²) in [5, 5.41) is 8.20. The molecule has 186 valence electrons. The number of hydrogen-bond acceptors (Lipinski definition) is 9. The lowest BCUT2D eigenvalue weighted by molar-refractivity contribution is 0.391. The summed E-state index contributed by atoms with van der Waals surface area (Å²) in [4.78, 5) is 18.4. The van der Waals surface area contributed by atoms with Crippen molar-refractivity contribution in [1.29, 1.82) is 0 Å². The zero-order valence-corrected chi connectivity index (χ0v) is 21.2. The van der Waals surface area contributed by atoms with Gasteiger partial charge in [-0.2, -0.15) is 5.10 Å². The summed E-state index contributed by atoms with van der Waals surface area (Å²) in [6.07, 6.45) is 7.09. The Kier molecular flexibility index (Phi) is 6.60. The fraction of sp³-hybridized carbons (Fsp3) is 0.320. The van der Waals surface area contributed by atoms with E-state index in [0.29, 0.717) is 63.3 Å². The quantitative estimate of drug-likeness (QED) is 0.350. The maximum absolute atomic E-state index is 6.54. The molecule has 10 nitrogen and oxygen atoms in total. The second-order valence-corrected chi connectivity index (χ2v) is 8.74. The standard InChI is InChI=1S/C25H26ClN7O3/c1-33-22(26)17(12-31-33)18-11-28-24(20-21(14-5-6-14)29-13-30-25(20)36-4)32-23(18)27-10-15-7-8-16(34-2)9-19(15)35-3/h7-9,11-14H,5-6,10H2,1-4H3,(H,27,28,32). The smallest absolute Gasteiger partial charge is 0.227 e. The Labute approximate surface area is 213 Å². The monoisotopic (exact) mass is 507 g/mol. The van der Waals surface area contributed by atoms with E-state index in [4.69, 9.17) is 30.8 Å². The second-order valence-electron chi connectivity index (χ2n) is 8.38. The van der Waals surface area contributed by atoms with Crippen molar-refractivity contribution in [2.45, 2.75) is 25.3 Å². The van der Waals surface area contributed by atoms with Crippen molar-refractivity contribution in [3.63, 3.8) is 0 Å². The van der Waals surface area contributed by atoms with Crippen molar-refractivity contribution in [3.05, 3.63) is 53.3 Å². The molecule has 1 saturated carbocycles. The lowest BCUT2D eigenvalue weighted by Gasteiger charge is -2.16.